The van der Waals surface area contributed by atoms with E-state index in [-0.39, 0.29) is 4.65 Å². The van der Waals surface area contributed by atoms with Crippen LogP contribution in [0, 0.1) is 5.21 Å². The fourth-order valence-electron chi connectivity index (χ4n) is 1.55. The van der Waals surface area contributed by atoms with E-state index in [1.165, 1.54) is 0 Å². The SMILES string of the molecule is CCC1CC[N+]1([O-])CC. The molecule has 1 rings (SSSR count). The predicted molar refractivity (Wildman–Crippen MR) is 37.7 cm³/mol. The van der Waals surface area contributed by atoms with Gasteiger partial charge in [0.15, 0.2) is 0 Å². The first-order valence-electron chi connectivity index (χ1n) is 3.80. The first-order chi connectivity index (χ1) is 4.23. The lowest BCUT2D eigenvalue weighted by Gasteiger charge is -2.56. The molecule has 1 fully saturated rings. The molecule has 54 valence electrons. The number of hydrogen-bond acceptors (Lipinski definition) is 1. The highest BCUT2D eigenvalue weighted by atomic mass is 16.6. The second kappa shape index (κ2) is 2.27. The van der Waals surface area contributed by atoms with Crippen LogP contribution >= 0.6 is 0 Å². The van der Waals surface area contributed by atoms with Gasteiger partial charge in [-0.15, -0.1) is 0 Å². The third-order valence-corrected chi connectivity index (χ3v) is 2.51. The van der Waals surface area contributed by atoms with Gasteiger partial charge in [-0.1, -0.05) is 6.92 Å². The largest absolute Gasteiger partial charge is 0.633 e. The normalized spacial score (nSPS) is 42.3. The average Bonchev–Trinajstić information content (AvgIpc) is 1.85. The van der Waals surface area contributed by atoms with Crippen molar-refractivity contribution in [2.24, 2.45) is 0 Å². The van der Waals surface area contributed by atoms with Crippen LogP contribution in [-0.4, -0.2) is 23.8 Å². The molecule has 1 saturated heterocycles. The van der Waals surface area contributed by atoms with Crippen molar-refractivity contribution in [3.8, 4) is 0 Å². The van der Waals surface area contributed by atoms with Gasteiger partial charge in [0.1, 0.15) is 0 Å². The van der Waals surface area contributed by atoms with Gasteiger partial charge in [-0.05, 0) is 13.3 Å². The van der Waals surface area contributed by atoms with E-state index in [9.17, 15) is 5.21 Å². The minimum atomic E-state index is 0.0799. The van der Waals surface area contributed by atoms with Crippen LogP contribution in [0.5, 0.6) is 0 Å². The highest BCUT2D eigenvalue weighted by Crippen LogP contribution is 2.28. The maximum absolute atomic E-state index is 11.4. The number of rotatable bonds is 2. The lowest BCUT2D eigenvalue weighted by atomic mass is 10.00. The molecule has 9 heavy (non-hydrogen) atoms. The van der Waals surface area contributed by atoms with E-state index in [4.69, 9.17) is 0 Å². The molecule has 0 aromatic heterocycles. The molecule has 0 aliphatic carbocycles. The summed E-state index contributed by atoms with van der Waals surface area (Å²) in [4.78, 5) is 0. The van der Waals surface area contributed by atoms with Gasteiger partial charge in [-0.25, -0.2) is 0 Å². The fourth-order valence-corrected chi connectivity index (χ4v) is 1.55. The Hall–Kier alpha value is -0.0800. The Morgan fingerprint density at radius 2 is 2.22 bits per heavy atom. The van der Waals surface area contributed by atoms with E-state index in [0.717, 1.165) is 25.9 Å². The van der Waals surface area contributed by atoms with E-state index < -0.39 is 0 Å². The number of nitrogens with zero attached hydrogens (tertiary/aromatic N) is 1. The Morgan fingerprint density at radius 3 is 2.33 bits per heavy atom. The zero-order valence-corrected chi connectivity index (χ0v) is 6.26. The molecule has 2 atom stereocenters. The third kappa shape index (κ3) is 0.970. The molecule has 0 aromatic carbocycles. The second-order valence-electron chi connectivity index (χ2n) is 2.84. The van der Waals surface area contributed by atoms with E-state index in [0.29, 0.717) is 6.04 Å². The van der Waals surface area contributed by atoms with Crippen molar-refractivity contribution < 1.29 is 4.65 Å². The zero-order chi connectivity index (χ0) is 6.91. The molecule has 0 radical (unpaired) electrons. The van der Waals surface area contributed by atoms with E-state index in [1.54, 1.807) is 0 Å². The Bertz CT molecular complexity index is 99.1. The molecule has 1 aliphatic rings. The molecule has 1 heterocycles. The van der Waals surface area contributed by atoms with Crippen molar-refractivity contribution in [2.75, 3.05) is 13.1 Å². The van der Waals surface area contributed by atoms with E-state index in [1.807, 2.05) is 6.92 Å². The number of hydroxylamine groups is 3. The van der Waals surface area contributed by atoms with Crippen LogP contribution in [0.3, 0.4) is 0 Å². The van der Waals surface area contributed by atoms with Crippen LogP contribution in [0.2, 0.25) is 0 Å². The first-order valence-corrected chi connectivity index (χ1v) is 3.80. The van der Waals surface area contributed by atoms with Crippen LogP contribution in [-0.2, 0) is 0 Å². The van der Waals surface area contributed by atoms with Crippen LogP contribution in [0.25, 0.3) is 0 Å². The molecule has 2 nitrogen and oxygen atoms in total. The molecule has 0 amide bonds. The fraction of sp³-hybridized carbons (Fsp3) is 1.00. The molecule has 0 N–H and O–H groups in total. The van der Waals surface area contributed by atoms with Gasteiger partial charge in [0.25, 0.3) is 0 Å². The van der Waals surface area contributed by atoms with Gasteiger partial charge >= 0.3 is 0 Å². The number of quaternary nitrogens is 1. The topological polar surface area (TPSA) is 23.1 Å². The standard InChI is InChI=1S/C7H15NO/c1-3-7-5-6-8(7,9)4-2/h7H,3-6H2,1-2H3. The summed E-state index contributed by atoms with van der Waals surface area (Å²) in [7, 11) is 0. The summed E-state index contributed by atoms with van der Waals surface area (Å²) in [6.45, 7) is 5.70. The van der Waals surface area contributed by atoms with Crippen LogP contribution in [0.15, 0.2) is 0 Å². The summed E-state index contributed by atoms with van der Waals surface area (Å²) in [5.74, 6) is 0. The van der Waals surface area contributed by atoms with Gasteiger partial charge in [0.05, 0.1) is 19.1 Å². The lowest BCUT2D eigenvalue weighted by Crippen LogP contribution is -2.60. The summed E-state index contributed by atoms with van der Waals surface area (Å²) >= 11 is 0. The van der Waals surface area contributed by atoms with Crippen molar-refractivity contribution in [3.05, 3.63) is 5.21 Å². The summed E-state index contributed by atoms with van der Waals surface area (Å²) < 4.78 is 0.0799. The molecule has 1 aliphatic heterocycles. The Balaban J connectivity index is 2.41. The molecular weight excluding hydrogens is 114 g/mol. The smallest absolute Gasteiger partial charge is 0.0939 e. The van der Waals surface area contributed by atoms with E-state index >= 15 is 0 Å². The second-order valence-corrected chi connectivity index (χ2v) is 2.84. The van der Waals surface area contributed by atoms with Gasteiger partial charge in [0.2, 0.25) is 0 Å². The summed E-state index contributed by atoms with van der Waals surface area (Å²) in [6.07, 6.45) is 2.20. The maximum atomic E-state index is 11.4. The third-order valence-electron chi connectivity index (χ3n) is 2.51. The van der Waals surface area contributed by atoms with Crippen LogP contribution in [0.4, 0.5) is 0 Å². The zero-order valence-electron chi connectivity index (χ0n) is 6.26. The van der Waals surface area contributed by atoms with Crippen molar-refractivity contribution in [2.45, 2.75) is 32.7 Å². The van der Waals surface area contributed by atoms with E-state index in [2.05, 4.69) is 6.92 Å². The Kier molecular flexibility index (Phi) is 1.78. The quantitative estimate of drug-likeness (QED) is 0.409. The average molecular weight is 129 g/mol. The Morgan fingerprint density at radius 1 is 1.56 bits per heavy atom. The van der Waals surface area contributed by atoms with Crippen molar-refractivity contribution in [3.63, 3.8) is 0 Å². The molecule has 0 bridgehead atoms. The first kappa shape index (κ1) is 7.03. The molecule has 0 aromatic rings. The van der Waals surface area contributed by atoms with Crippen LogP contribution < -0.4 is 0 Å². The highest BCUT2D eigenvalue weighted by Gasteiger charge is 2.35. The number of likely N-dealkylation sites (tertiary alicyclic amines) is 1. The minimum absolute atomic E-state index is 0.0799. The summed E-state index contributed by atoms with van der Waals surface area (Å²) in [5, 5.41) is 11.4. The predicted octanol–water partition coefficient (Wildman–Crippen LogP) is 1.50. The molecular formula is C7H15NO. The Labute approximate surface area is 56.6 Å². The molecule has 0 spiro atoms. The minimum Gasteiger partial charge on any atom is -0.633 e. The van der Waals surface area contributed by atoms with Gasteiger partial charge in [-0.2, -0.15) is 0 Å². The lowest BCUT2D eigenvalue weighted by molar-refractivity contribution is -0.944. The van der Waals surface area contributed by atoms with Gasteiger partial charge in [-0.3, -0.25) is 0 Å². The highest BCUT2D eigenvalue weighted by molar-refractivity contribution is 4.68. The summed E-state index contributed by atoms with van der Waals surface area (Å²) in [6, 6.07) is 0.426. The monoisotopic (exact) mass is 129 g/mol. The summed E-state index contributed by atoms with van der Waals surface area (Å²) in [5.41, 5.74) is 0. The van der Waals surface area contributed by atoms with Crippen molar-refractivity contribution >= 4 is 0 Å². The molecule has 2 unspecified atom stereocenters. The maximum Gasteiger partial charge on any atom is 0.0939 e. The number of hydrogen-bond donors (Lipinski definition) is 0. The van der Waals surface area contributed by atoms with Crippen LogP contribution in [0.1, 0.15) is 26.7 Å². The molecule has 0 saturated carbocycles. The van der Waals surface area contributed by atoms with Crippen molar-refractivity contribution in [1.82, 2.24) is 0 Å². The molecule has 2 heteroatoms. The van der Waals surface area contributed by atoms with Crippen molar-refractivity contribution in [1.29, 1.82) is 0 Å². The van der Waals surface area contributed by atoms with Gasteiger partial charge in [0, 0.05) is 6.42 Å². The van der Waals surface area contributed by atoms with Gasteiger partial charge < -0.3 is 9.85 Å².